The van der Waals surface area contributed by atoms with Crippen molar-refractivity contribution in [2.45, 2.75) is 20.3 Å². The van der Waals surface area contributed by atoms with E-state index in [-0.39, 0.29) is 5.56 Å². The van der Waals surface area contributed by atoms with Crippen LogP contribution in [-0.4, -0.2) is 14.3 Å². The summed E-state index contributed by atoms with van der Waals surface area (Å²) in [7, 11) is 1.84. The molecule has 0 fully saturated rings. The minimum atomic E-state index is 0.0502. The highest BCUT2D eigenvalue weighted by molar-refractivity contribution is 5.28. The van der Waals surface area contributed by atoms with Crippen LogP contribution in [0.3, 0.4) is 0 Å². The van der Waals surface area contributed by atoms with Gasteiger partial charge in [-0.25, -0.2) is 0 Å². The van der Waals surface area contributed by atoms with Gasteiger partial charge in [0.2, 0.25) is 0 Å². The maximum atomic E-state index is 12.2. The largest absolute Gasteiger partial charge is 0.281 e. The molecule has 0 saturated heterocycles. The molecular formula is C13H17N3O. The van der Waals surface area contributed by atoms with Crippen molar-refractivity contribution in [1.29, 1.82) is 0 Å². The van der Waals surface area contributed by atoms with Crippen molar-refractivity contribution in [2.75, 3.05) is 0 Å². The van der Waals surface area contributed by atoms with Gasteiger partial charge in [0.05, 0.1) is 11.9 Å². The minimum Gasteiger partial charge on any atom is -0.281 e. The molecule has 4 heteroatoms. The Balaban J connectivity index is 2.46. The molecule has 0 bridgehead atoms. The van der Waals surface area contributed by atoms with Crippen molar-refractivity contribution in [3.05, 3.63) is 46.6 Å². The maximum absolute atomic E-state index is 12.2. The van der Waals surface area contributed by atoms with E-state index in [9.17, 15) is 4.79 Å². The molecule has 0 N–H and O–H groups in total. The topological polar surface area (TPSA) is 39.8 Å². The van der Waals surface area contributed by atoms with Crippen LogP contribution in [0.25, 0.3) is 5.69 Å². The monoisotopic (exact) mass is 231 g/mol. The molecule has 4 nitrogen and oxygen atoms in total. The highest BCUT2D eigenvalue weighted by Gasteiger charge is 2.07. The lowest BCUT2D eigenvalue weighted by molar-refractivity contribution is 0.639. The SMILES string of the molecule is CC(C)Cc1cccn(-c2cnn(C)c2)c1=O. The molecule has 90 valence electrons. The Labute approximate surface area is 101 Å². The summed E-state index contributed by atoms with van der Waals surface area (Å²) in [5.41, 5.74) is 1.71. The van der Waals surface area contributed by atoms with E-state index >= 15 is 0 Å². The molecule has 0 aliphatic heterocycles. The zero-order valence-electron chi connectivity index (χ0n) is 10.4. The number of hydrogen-bond acceptors (Lipinski definition) is 2. The third-order valence-electron chi connectivity index (χ3n) is 2.62. The molecule has 0 aliphatic carbocycles. The molecule has 2 heterocycles. The Morgan fingerprint density at radius 2 is 2.18 bits per heavy atom. The van der Waals surface area contributed by atoms with Crippen molar-refractivity contribution in [3.63, 3.8) is 0 Å². The summed E-state index contributed by atoms with van der Waals surface area (Å²) in [5, 5.41) is 4.08. The van der Waals surface area contributed by atoms with Gasteiger partial charge in [0.1, 0.15) is 0 Å². The van der Waals surface area contributed by atoms with Gasteiger partial charge in [-0.15, -0.1) is 0 Å². The molecule has 0 radical (unpaired) electrons. The standard InChI is InChI=1S/C13H17N3O/c1-10(2)7-11-5-4-6-16(13(11)17)12-8-14-15(3)9-12/h4-6,8-10H,7H2,1-3H3. The highest BCUT2D eigenvalue weighted by atomic mass is 16.1. The molecule has 2 rings (SSSR count). The average Bonchev–Trinajstić information content (AvgIpc) is 2.67. The Bertz CT molecular complexity index is 566. The fraction of sp³-hybridized carbons (Fsp3) is 0.385. The van der Waals surface area contributed by atoms with E-state index in [1.807, 2.05) is 25.4 Å². The van der Waals surface area contributed by atoms with Crippen LogP contribution in [0.1, 0.15) is 19.4 Å². The van der Waals surface area contributed by atoms with Gasteiger partial charge in [-0.1, -0.05) is 19.9 Å². The van der Waals surface area contributed by atoms with Gasteiger partial charge in [-0.05, 0) is 18.4 Å². The summed E-state index contributed by atoms with van der Waals surface area (Å²) in [6.07, 6.45) is 6.12. The second-order valence-corrected chi connectivity index (χ2v) is 4.68. The van der Waals surface area contributed by atoms with Crippen LogP contribution in [0, 0.1) is 5.92 Å². The lowest BCUT2D eigenvalue weighted by Gasteiger charge is -2.07. The smallest absolute Gasteiger partial charge is 0.258 e. The molecule has 0 spiro atoms. The van der Waals surface area contributed by atoms with Crippen molar-refractivity contribution < 1.29 is 0 Å². The molecular weight excluding hydrogens is 214 g/mol. The predicted octanol–water partition coefficient (Wildman–Crippen LogP) is 1.77. The number of pyridine rings is 1. The van der Waals surface area contributed by atoms with Crippen molar-refractivity contribution in [1.82, 2.24) is 14.3 Å². The molecule has 0 aliphatic rings. The summed E-state index contributed by atoms with van der Waals surface area (Å²) in [6.45, 7) is 4.22. The molecule has 2 aromatic heterocycles. The summed E-state index contributed by atoms with van der Waals surface area (Å²) in [5.74, 6) is 0.479. The molecule has 0 unspecified atom stereocenters. The van der Waals surface area contributed by atoms with Crippen molar-refractivity contribution >= 4 is 0 Å². The van der Waals surface area contributed by atoms with Crippen LogP contribution in [0.4, 0.5) is 0 Å². The molecule has 0 atom stereocenters. The van der Waals surface area contributed by atoms with E-state index in [4.69, 9.17) is 0 Å². The summed E-state index contributed by atoms with van der Waals surface area (Å²) in [6, 6.07) is 3.81. The lowest BCUT2D eigenvalue weighted by atomic mass is 10.0. The Morgan fingerprint density at radius 1 is 1.41 bits per heavy atom. The van der Waals surface area contributed by atoms with Crippen LogP contribution in [0.2, 0.25) is 0 Å². The Kier molecular flexibility index (Phi) is 3.13. The third-order valence-corrected chi connectivity index (χ3v) is 2.62. The number of aromatic nitrogens is 3. The zero-order chi connectivity index (χ0) is 12.4. The van der Waals surface area contributed by atoms with Crippen molar-refractivity contribution in [2.24, 2.45) is 13.0 Å². The average molecular weight is 231 g/mol. The van der Waals surface area contributed by atoms with Gasteiger partial charge < -0.3 is 0 Å². The normalized spacial score (nSPS) is 11.1. The van der Waals surface area contributed by atoms with E-state index in [1.54, 1.807) is 21.6 Å². The van der Waals surface area contributed by atoms with Gasteiger partial charge in [-0.3, -0.25) is 14.0 Å². The van der Waals surface area contributed by atoms with Gasteiger partial charge in [0.25, 0.3) is 5.56 Å². The van der Waals surface area contributed by atoms with Gasteiger partial charge in [-0.2, -0.15) is 5.10 Å². The quantitative estimate of drug-likeness (QED) is 0.807. The van der Waals surface area contributed by atoms with Crippen LogP contribution < -0.4 is 5.56 Å². The number of nitrogens with zero attached hydrogens (tertiary/aromatic N) is 3. The van der Waals surface area contributed by atoms with E-state index in [2.05, 4.69) is 18.9 Å². The first-order valence-corrected chi connectivity index (χ1v) is 5.77. The lowest BCUT2D eigenvalue weighted by Crippen LogP contribution is -2.22. The van der Waals surface area contributed by atoms with Crippen LogP contribution in [0.5, 0.6) is 0 Å². The zero-order valence-corrected chi connectivity index (χ0v) is 10.4. The molecule has 0 amide bonds. The fourth-order valence-electron chi connectivity index (χ4n) is 1.87. The van der Waals surface area contributed by atoms with E-state index in [0.717, 1.165) is 17.7 Å². The molecule has 17 heavy (non-hydrogen) atoms. The van der Waals surface area contributed by atoms with Gasteiger partial charge in [0.15, 0.2) is 0 Å². The van der Waals surface area contributed by atoms with E-state index in [1.165, 1.54) is 0 Å². The van der Waals surface area contributed by atoms with E-state index < -0.39 is 0 Å². The summed E-state index contributed by atoms with van der Waals surface area (Å²) >= 11 is 0. The van der Waals surface area contributed by atoms with Crippen LogP contribution in [-0.2, 0) is 13.5 Å². The maximum Gasteiger partial charge on any atom is 0.258 e. The Hall–Kier alpha value is -1.84. The van der Waals surface area contributed by atoms with Crippen LogP contribution in [0.15, 0.2) is 35.5 Å². The molecule has 2 aromatic rings. The van der Waals surface area contributed by atoms with Gasteiger partial charge in [0, 0.05) is 25.0 Å². The summed E-state index contributed by atoms with van der Waals surface area (Å²) in [4.78, 5) is 12.2. The van der Waals surface area contributed by atoms with Gasteiger partial charge >= 0.3 is 0 Å². The summed E-state index contributed by atoms with van der Waals surface area (Å²) < 4.78 is 3.33. The first-order chi connectivity index (χ1) is 8.08. The fourth-order valence-corrected chi connectivity index (χ4v) is 1.87. The number of hydrogen-bond donors (Lipinski definition) is 0. The highest BCUT2D eigenvalue weighted by Crippen LogP contribution is 2.06. The van der Waals surface area contributed by atoms with E-state index in [0.29, 0.717) is 5.92 Å². The first kappa shape index (κ1) is 11.6. The third kappa shape index (κ3) is 2.46. The second kappa shape index (κ2) is 4.57. The first-order valence-electron chi connectivity index (χ1n) is 5.77. The predicted molar refractivity (Wildman–Crippen MR) is 67.3 cm³/mol. The minimum absolute atomic E-state index is 0.0502. The number of rotatable bonds is 3. The van der Waals surface area contributed by atoms with Crippen LogP contribution >= 0.6 is 0 Å². The Morgan fingerprint density at radius 3 is 2.76 bits per heavy atom. The second-order valence-electron chi connectivity index (χ2n) is 4.68. The molecule has 0 saturated carbocycles. The number of aryl methyl sites for hydroxylation is 1. The molecule has 0 aromatic carbocycles. The van der Waals surface area contributed by atoms with Crippen molar-refractivity contribution in [3.8, 4) is 5.69 Å².